The molecule has 1 aromatic carbocycles. The van der Waals surface area contributed by atoms with E-state index < -0.39 is 0 Å². The van der Waals surface area contributed by atoms with Crippen molar-refractivity contribution >= 4 is 11.5 Å². The van der Waals surface area contributed by atoms with Crippen molar-refractivity contribution in [2.75, 3.05) is 31.2 Å². The molecule has 0 bridgehead atoms. The average Bonchev–Trinajstić information content (AvgIpc) is 2.46. The van der Waals surface area contributed by atoms with Crippen molar-refractivity contribution in [2.24, 2.45) is 0 Å². The van der Waals surface area contributed by atoms with Crippen LogP contribution in [0.4, 0.5) is 5.69 Å². The summed E-state index contributed by atoms with van der Waals surface area (Å²) in [7, 11) is 0. The normalized spacial score (nSPS) is 15.7. The Bertz CT molecular complexity index is 380. The highest BCUT2D eigenvalue weighted by molar-refractivity contribution is 5.78. The predicted octanol–water partition coefficient (Wildman–Crippen LogP) is 2.43. The molecule has 2 rings (SSSR count). The molecule has 98 valence electrons. The number of ether oxygens (including phenoxy) is 1. The van der Waals surface area contributed by atoms with E-state index in [9.17, 15) is 4.79 Å². The first-order chi connectivity index (χ1) is 8.79. The van der Waals surface area contributed by atoms with Crippen LogP contribution in [0.1, 0.15) is 25.3 Å². The van der Waals surface area contributed by atoms with Crippen molar-refractivity contribution in [3.05, 3.63) is 29.8 Å². The minimum Gasteiger partial charge on any atom is -0.378 e. The minimum atomic E-state index is 0.340. The lowest BCUT2D eigenvalue weighted by Crippen LogP contribution is -2.36. The number of hydrogen-bond acceptors (Lipinski definition) is 3. The Morgan fingerprint density at radius 2 is 1.89 bits per heavy atom. The van der Waals surface area contributed by atoms with Gasteiger partial charge in [0.1, 0.15) is 5.78 Å². The number of aryl methyl sites for hydroxylation is 1. The second-order valence-corrected chi connectivity index (χ2v) is 4.66. The van der Waals surface area contributed by atoms with Gasteiger partial charge in [0.15, 0.2) is 0 Å². The Morgan fingerprint density at radius 1 is 1.22 bits per heavy atom. The largest absolute Gasteiger partial charge is 0.378 e. The molecule has 0 atom stereocenters. The lowest BCUT2D eigenvalue weighted by molar-refractivity contribution is -0.118. The van der Waals surface area contributed by atoms with E-state index in [1.807, 2.05) is 6.92 Å². The first-order valence-corrected chi connectivity index (χ1v) is 6.73. The third kappa shape index (κ3) is 3.57. The molecule has 1 aliphatic rings. The van der Waals surface area contributed by atoms with Gasteiger partial charge in [0.2, 0.25) is 0 Å². The zero-order chi connectivity index (χ0) is 12.8. The summed E-state index contributed by atoms with van der Waals surface area (Å²) in [6.45, 7) is 5.48. The fraction of sp³-hybridized carbons (Fsp3) is 0.533. The van der Waals surface area contributed by atoms with Gasteiger partial charge in [-0.05, 0) is 24.1 Å². The second kappa shape index (κ2) is 6.55. The molecular weight excluding hydrogens is 226 g/mol. The molecule has 1 heterocycles. The van der Waals surface area contributed by atoms with Crippen molar-refractivity contribution in [2.45, 2.75) is 26.2 Å². The number of carbonyl (C=O) groups is 1. The molecule has 18 heavy (non-hydrogen) atoms. The van der Waals surface area contributed by atoms with Crippen molar-refractivity contribution in [3.63, 3.8) is 0 Å². The number of benzene rings is 1. The molecule has 0 spiro atoms. The lowest BCUT2D eigenvalue weighted by atomic mass is 10.1. The molecule has 0 aliphatic carbocycles. The highest BCUT2D eigenvalue weighted by atomic mass is 16.5. The number of carbonyl (C=O) groups excluding carboxylic acids is 1. The Labute approximate surface area is 109 Å². The maximum Gasteiger partial charge on any atom is 0.132 e. The molecule has 0 amide bonds. The summed E-state index contributed by atoms with van der Waals surface area (Å²) in [5.41, 5.74) is 2.50. The third-order valence-corrected chi connectivity index (χ3v) is 3.40. The molecule has 0 unspecified atom stereocenters. The molecule has 1 saturated heterocycles. The average molecular weight is 247 g/mol. The summed E-state index contributed by atoms with van der Waals surface area (Å²) >= 11 is 0. The maximum absolute atomic E-state index is 11.3. The van der Waals surface area contributed by atoms with Gasteiger partial charge in [-0.2, -0.15) is 0 Å². The van der Waals surface area contributed by atoms with E-state index >= 15 is 0 Å². The number of morpholine rings is 1. The van der Waals surface area contributed by atoms with Gasteiger partial charge in [0.05, 0.1) is 13.2 Å². The van der Waals surface area contributed by atoms with Crippen molar-refractivity contribution in [1.82, 2.24) is 0 Å². The zero-order valence-electron chi connectivity index (χ0n) is 11.0. The van der Waals surface area contributed by atoms with Crippen LogP contribution in [0.15, 0.2) is 24.3 Å². The molecule has 0 N–H and O–H groups in total. The standard InChI is InChI=1S/C15H21NO2/c1-2-15(17)8-5-13-3-6-14(7-4-13)16-9-11-18-12-10-16/h3-4,6-7H,2,5,8-12H2,1H3. The fourth-order valence-electron chi connectivity index (χ4n) is 2.16. The molecule has 3 nitrogen and oxygen atoms in total. The summed E-state index contributed by atoms with van der Waals surface area (Å²) in [6, 6.07) is 8.57. The monoisotopic (exact) mass is 247 g/mol. The number of nitrogens with zero attached hydrogens (tertiary/aromatic N) is 1. The predicted molar refractivity (Wildman–Crippen MR) is 73.1 cm³/mol. The fourth-order valence-corrected chi connectivity index (χ4v) is 2.16. The van der Waals surface area contributed by atoms with Crippen LogP contribution in [0.3, 0.4) is 0 Å². The van der Waals surface area contributed by atoms with Crippen LogP contribution in [0.2, 0.25) is 0 Å². The van der Waals surface area contributed by atoms with Crippen LogP contribution in [0, 0.1) is 0 Å². The summed E-state index contributed by atoms with van der Waals surface area (Å²) in [5, 5.41) is 0. The van der Waals surface area contributed by atoms with Gasteiger partial charge in [0, 0.05) is 31.6 Å². The Kier molecular flexibility index (Phi) is 4.76. The van der Waals surface area contributed by atoms with Crippen LogP contribution in [-0.2, 0) is 16.0 Å². The first kappa shape index (κ1) is 13.1. The van der Waals surface area contributed by atoms with Gasteiger partial charge >= 0.3 is 0 Å². The quantitative estimate of drug-likeness (QED) is 0.800. The third-order valence-electron chi connectivity index (χ3n) is 3.40. The van der Waals surface area contributed by atoms with E-state index in [0.717, 1.165) is 32.7 Å². The molecule has 0 aromatic heterocycles. The van der Waals surface area contributed by atoms with E-state index in [-0.39, 0.29) is 0 Å². The first-order valence-electron chi connectivity index (χ1n) is 6.73. The lowest BCUT2D eigenvalue weighted by Gasteiger charge is -2.28. The zero-order valence-corrected chi connectivity index (χ0v) is 11.0. The van der Waals surface area contributed by atoms with Gasteiger partial charge in [-0.25, -0.2) is 0 Å². The van der Waals surface area contributed by atoms with E-state index in [2.05, 4.69) is 29.2 Å². The van der Waals surface area contributed by atoms with Crippen LogP contribution in [0.5, 0.6) is 0 Å². The summed E-state index contributed by atoms with van der Waals surface area (Å²) in [6.07, 6.45) is 2.16. The van der Waals surface area contributed by atoms with Gasteiger partial charge in [-0.1, -0.05) is 19.1 Å². The van der Waals surface area contributed by atoms with Gasteiger partial charge in [0.25, 0.3) is 0 Å². The van der Waals surface area contributed by atoms with E-state index in [0.29, 0.717) is 18.6 Å². The number of anilines is 1. The molecule has 1 aromatic rings. The summed E-state index contributed by atoms with van der Waals surface area (Å²) in [5.74, 6) is 0.340. The van der Waals surface area contributed by atoms with Gasteiger partial charge in [-0.3, -0.25) is 4.79 Å². The van der Waals surface area contributed by atoms with Crippen molar-refractivity contribution in [1.29, 1.82) is 0 Å². The van der Waals surface area contributed by atoms with Crippen LogP contribution in [-0.4, -0.2) is 32.1 Å². The summed E-state index contributed by atoms with van der Waals surface area (Å²) in [4.78, 5) is 13.6. The van der Waals surface area contributed by atoms with E-state index in [1.54, 1.807) is 0 Å². The summed E-state index contributed by atoms with van der Waals surface area (Å²) < 4.78 is 5.34. The Hall–Kier alpha value is -1.35. The van der Waals surface area contributed by atoms with Gasteiger partial charge < -0.3 is 9.64 Å². The SMILES string of the molecule is CCC(=O)CCc1ccc(N2CCOCC2)cc1. The Morgan fingerprint density at radius 3 is 2.50 bits per heavy atom. The van der Waals surface area contributed by atoms with Gasteiger partial charge in [-0.15, -0.1) is 0 Å². The van der Waals surface area contributed by atoms with Crippen molar-refractivity contribution in [3.8, 4) is 0 Å². The molecule has 1 fully saturated rings. The molecule has 0 radical (unpaired) electrons. The van der Waals surface area contributed by atoms with Crippen LogP contribution < -0.4 is 4.90 Å². The number of hydrogen-bond donors (Lipinski definition) is 0. The highest BCUT2D eigenvalue weighted by Gasteiger charge is 2.10. The molecule has 0 saturated carbocycles. The van der Waals surface area contributed by atoms with E-state index in [1.165, 1.54) is 11.3 Å². The second-order valence-electron chi connectivity index (χ2n) is 4.66. The highest BCUT2D eigenvalue weighted by Crippen LogP contribution is 2.17. The van der Waals surface area contributed by atoms with Crippen LogP contribution in [0.25, 0.3) is 0 Å². The van der Waals surface area contributed by atoms with Crippen LogP contribution >= 0.6 is 0 Å². The molecule has 1 aliphatic heterocycles. The molecular formula is C15H21NO2. The maximum atomic E-state index is 11.3. The topological polar surface area (TPSA) is 29.5 Å². The smallest absolute Gasteiger partial charge is 0.132 e. The van der Waals surface area contributed by atoms with Crippen molar-refractivity contribution < 1.29 is 9.53 Å². The van der Waals surface area contributed by atoms with E-state index in [4.69, 9.17) is 4.74 Å². The number of Topliss-reactive ketones (excluding diaryl/α,β-unsaturated/α-hetero) is 1. The Balaban J connectivity index is 1.90. The minimum absolute atomic E-state index is 0.340. The number of rotatable bonds is 5. The number of ketones is 1. The molecule has 3 heteroatoms.